The Bertz CT molecular complexity index is 536. The van der Waals surface area contributed by atoms with Crippen LogP contribution in [0.4, 0.5) is 0 Å². The Hall–Kier alpha value is -2.21. The Kier molecular flexibility index (Phi) is 3.69. The Morgan fingerprint density at radius 1 is 1.39 bits per heavy atom. The highest BCUT2D eigenvalue weighted by Crippen LogP contribution is 2.07. The summed E-state index contributed by atoms with van der Waals surface area (Å²) in [7, 11) is 1.73. The molecule has 94 valence electrons. The number of rotatable bonds is 5. The minimum atomic E-state index is -0.955. The van der Waals surface area contributed by atoms with E-state index in [4.69, 9.17) is 5.11 Å². The molecule has 0 saturated heterocycles. The molecule has 6 nitrogen and oxygen atoms in total. The molecule has 2 rings (SSSR count). The van der Waals surface area contributed by atoms with E-state index in [9.17, 15) is 4.79 Å². The van der Waals surface area contributed by atoms with Gasteiger partial charge in [-0.15, -0.1) is 0 Å². The zero-order chi connectivity index (χ0) is 13.0. The summed E-state index contributed by atoms with van der Waals surface area (Å²) >= 11 is 0. The SMILES string of the molecule is Cn1ncc(C(=O)O)c1CNCc1ccncc1. The lowest BCUT2D eigenvalue weighted by Gasteiger charge is -2.06. The lowest BCUT2D eigenvalue weighted by Crippen LogP contribution is -2.17. The number of aromatic carboxylic acids is 1. The molecule has 0 atom stereocenters. The van der Waals surface area contributed by atoms with Crippen molar-refractivity contribution in [2.45, 2.75) is 13.1 Å². The monoisotopic (exact) mass is 246 g/mol. The van der Waals surface area contributed by atoms with Crippen molar-refractivity contribution in [1.29, 1.82) is 0 Å². The standard InChI is InChI=1S/C12H14N4O2/c1-16-11(10(7-15-16)12(17)18)8-14-6-9-2-4-13-5-3-9/h2-5,7,14H,6,8H2,1H3,(H,17,18). The number of hydrogen-bond donors (Lipinski definition) is 2. The highest BCUT2D eigenvalue weighted by atomic mass is 16.4. The summed E-state index contributed by atoms with van der Waals surface area (Å²) in [5, 5.41) is 16.1. The van der Waals surface area contributed by atoms with Crippen LogP contribution < -0.4 is 5.32 Å². The van der Waals surface area contributed by atoms with Gasteiger partial charge in [0.05, 0.1) is 11.9 Å². The molecule has 2 aromatic rings. The topological polar surface area (TPSA) is 80.0 Å². The average Bonchev–Trinajstić information content (AvgIpc) is 2.73. The fourth-order valence-electron chi connectivity index (χ4n) is 1.68. The lowest BCUT2D eigenvalue weighted by molar-refractivity contribution is 0.0695. The van der Waals surface area contributed by atoms with Crippen LogP contribution in [0.2, 0.25) is 0 Å². The molecular weight excluding hydrogens is 232 g/mol. The van der Waals surface area contributed by atoms with Gasteiger partial charge >= 0.3 is 5.97 Å². The van der Waals surface area contributed by atoms with Crippen molar-refractivity contribution < 1.29 is 9.90 Å². The van der Waals surface area contributed by atoms with Gasteiger partial charge in [-0.05, 0) is 17.7 Å². The minimum absolute atomic E-state index is 0.236. The molecule has 0 spiro atoms. The van der Waals surface area contributed by atoms with Gasteiger partial charge in [0.15, 0.2) is 0 Å². The Morgan fingerprint density at radius 3 is 2.78 bits per heavy atom. The first-order valence-electron chi connectivity index (χ1n) is 5.52. The molecule has 0 amide bonds. The third-order valence-corrected chi connectivity index (χ3v) is 2.66. The summed E-state index contributed by atoms with van der Waals surface area (Å²) in [6.07, 6.45) is 4.82. The van der Waals surface area contributed by atoms with E-state index in [1.54, 1.807) is 24.1 Å². The summed E-state index contributed by atoms with van der Waals surface area (Å²) in [5.74, 6) is -0.955. The molecule has 0 aliphatic heterocycles. The van der Waals surface area contributed by atoms with Crippen molar-refractivity contribution in [3.63, 3.8) is 0 Å². The first-order chi connectivity index (χ1) is 8.68. The molecule has 6 heteroatoms. The van der Waals surface area contributed by atoms with Crippen LogP contribution in [0.25, 0.3) is 0 Å². The van der Waals surface area contributed by atoms with Crippen molar-refractivity contribution in [2.75, 3.05) is 0 Å². The first kappa shape index (κ1) is 12.3. The third-order valence-electron chi connectivity index (χ3n) is 2.66. The van der Waals surface area contributed by atoms with Crippen molar-refractivity contribution in [3.8, 4) is 0 Å². The van der Waals surface area contributed by atoms with Crippen LogP contribution >= 0.6 is 0 Å². The van der Waals surface area contributed by atoms with Crippen LogP contribution in [-0.2, 0) is 20.1 Å². The van der Waals surface area contributed by atoms with Crippen molar-refractivity contribution >= 4 is 5.97 Å². The van der Waals surface area contributed by atoms with Gasteiger partial charge < -0.3 is 10.4 Å². The number of carboxylic acid groups (broad SMARTS) is 1. The summed E-state index contributed by atoms with van der Waals surface area (Å²) in [5.41, 5.74) is 2.00. The van der Waals surface area contributed by atoms with Crippen LogP contribution in [0, 0.1) is 0 Å². The minimum Gasteiger partial charge on any atom is -0.478 e. The number of nitrogens with zero attached hydrogens (tertiary/aromatic N) is 3. The smallest absolute Gasteiger partial charge is 0.339 e. The normalized spacial score (nSPS) is 10.5. The zero-order valence-electron chi connectivity index (χ0n) is 10.00. The molecule has 18 heavy (non-hydrogen) atoms. The van der Waals surface area contributed by atoms with E-state index in [1.165, 1.54) is 6.20 Å². The van der Waals surface area contributed by atoms with E-state index < -0.39 is 5.97 Å². The van der Waals surface area contributed by atoms with Gasteiger partial charge in [-0.1, -0.05) is 0 Å². The molecular formula is C12H14N4O2. The molecule has 2 aromatic heterocycles. The predicted molar refractivity (Wildman–Crippen MR) is 64.9 cm³/mol. The number of aryl methyl sites for hydroxylation is 1. The van der Waals surface area contributed by atoms with Crippen LogP contribution in [0.3, 0.4) is 0 Å². The van der Waals surface area contributed by atoms with Gasteiger partial charge in [-0.2, -0.15) is 5.10 Å². The van der Waals surface area contributed by atoms with Gasteiger partial charge in [0.25, 0.3) is 0 Å². The third kappa shape index (κ3) is 2.72. The molecule has 0 bridgehead atoms. The number of aromatic nitrogens is 3. The number of hydrogen-bond acceptors (Lipinski definition) is 4. The van der Waals surface area contributed by atoms with Crippen molar-refractivity contribution in [1.82, 2.24) is 20.1 Å². The summed E-state index contributed by atoms with van der Waals surface area (Å²) in [6, 6.07) is 3.82. The maximum atomic E-state index is 11.0. The molecule has 0 fully saturated rings. The van der Waals surface area contributed by atoms with Gasteiger partial charge in [0, 0.05) is 32.5 Å². The largest absolute Gasteiger partial charge is 0.478 e. The summed E-state index contributed by atoms with van der Waals surface area (Å²) in [4.78, 5) is 14.9. The fourth-order valence-corrected chi connectivity index (χ4v) is 1.68. The van der Waals surface area contributed by atoms with Gasteiger partial charge in [-0.3, -0.25) is 9.67 Å². The number of pyridine rings is 1. The molecule has 0 aliphatic rings. The molecule has 2 heterocycles. The molecule has 0 aromatic carbocycles. The Balaban J connectivity index is 1.98. The quantitative estimate of drug-likeness (QED) is 0.815. The first-order valence-corrected chi connectivity index (χ1v) is 5.52. The highest BCUT2D eigenvalue weighted by molar-refractivity contribution is 5.88. The van der Waals surface area contributed by atoms with Gasteiger partial charge in [-0.25, -0.2) is 4.79 Å². The molecule has 0 radical (unpaired) electrons. The number of carbonyl (C=O) groups is 1. The second-order valence-corrected chi connectivity index (χ2v) is 3.89. The fraction of sp³-hybridized carbons (Fsp3) is 0.250. The molecule has 0 unspecified atom stereocenters. The van der Waals surface area contributed by atoms with E-state index in [0.717, 1.165) is 5.56 Å². The van der Waals surface area contributed by atoms with Crippen LogP contribution in [0.1, 0.15) is 21.6 Å². The lowest BCUT2D eigenvalue weighted by atomic mass is 10.2. The molecule has 0 aliphatic carbocycles. The predicted octanol–water partition coefficient (Wildman–Crippen LogP) is 0.803. The van der Waals surface area contributed by atoms with E-state index in [1.807, 2.05) is 12.1 Å². The van der Waals surface area contributed by atoms with Crippen LogP contribution in [0.15, 0.2) is 30.7 Å². The Labute approximate surface area is 104 Å². The van der Waals surface area contributed by atoms with Gasteiger partial charge in [0.1, 0.15) is 5.56 Å². The maximum absolute atomic E-state index is 11.0. The molecule has 0 saturated carbocycles. The zero-order valence-corrected chi connectivity index (χ0v) is 10.00. The van der Waals surface area contributed by atoms with E-state index in [0.29, 0.717) is 18.8 Å². The number of nitrogens with one attached hydrogen (secondary N) is 1. The second kappa shape index (κ2) is 5.42. The summed E-state index contributed by atoms with van der Waals surface area (Å²) in [6.45, 7) is 1.12. The van der Waals surface area contributed by atoms with E-state index >= 15 is 0 Å². The van der Waals surface area contributed by atoms with Crippen LogP contribution in [0.5, 0.6) is 0 Å². The van der Waals surface area contributed by atoms with E-state index in [-0.39, 0.29) is 5.56 Å². The van der Waals surface area contributed by atoms with E-state index in [2.05, 4.69) is 15.4 Å². The van der Waals surface area contributed by atoms with Gasteiger partial charge in [0.2, 0.25) is 0 Å². The summed E-state index contributed by atoms with van der Waals surface area (Å²) < 4.78 is 1.57. The average molecular weight is 246 g/mol. The molecule has 2 N–H and O–H groups in total. The highest BCUT2D eigenvalue weighted by Gasteiger charge is 2.14. The Morgan fingerprint density at radius 2 is 2.11 bits per heavy atom. The number of carboxylic acids is 1. The second-order valence-electron chi connectivity index (χ2n) is 3.89. The van der Waals surface area contributed by atoms with Crippen molar-refractivity contribution in [3.05, 3.63) is 47.5 Å². The van der Waals surface area contributed by atoms with Crippen LogP contribution in [-0.4, -0.2) is 25.8 Å². The maximum Gasteiger partial charge on any atom is 0.339 e. The van der Waals surface area contributed by atoms with Crippen molar-refractivity contribution in [2.24, 2.45) is 7.05 Å².